The van der Waals surface area contributed by atoms with E-state index in [-0.39, 0.29) is 4.90 Å². The maximum atomic E-state index is 11.0. The molecular weight excluding hydrogens is 262 g/mol. The number of hydrogen-bond donors (Lipinski definition) is 0. The van der Waals surface area contributed by atoms with E-state index in [1.54, 1.807) is 6.20 Å². The van der Waals surface area contributed by atoms with E-state index in [0.29, 0.717) is 13.0 Å². The number of halogens is 1. The van der Waals surface area contributed by atoms with Gasteiger partial charge < -0.3 is 0 Å². The SMILES string of the molecule is O=S(=O)(Cl)c1cnn(CCc2ccccn2)c1. The number of pyridine rings is 1. The van der Waals surface area contributed by atoms with Crippen LogP contribution in [0.2, 0.25) is 0 Å². The summed E-state index contributed by atoms with van der Waals surface area (Å²) in [5.74, 6) is 0. The van der Waals surface area contributed by atoms with Gasteiger partial charge in [-0.25, -0.2) is 8.42 Å². The molecule has 0 aliphatic heterocycles. The average molecular weight is 272 g/mol. The lowest BCUT2D eigenvalue weighted by Crippen LogP contribution is -2.02. The molecule has 17 heavy (non-hydrogen) atoms. The Hall–Kier alpha value is -1.40. The van der Waals surface area contributed by atoms with Gasteiger partial charge in [0.1, 0.15) is 4.90 Å². The molecule has 0 amide bonds. The van der Waals surface area contributed by atoms with Gasteiger partial charge in [0.25, 0.3) is 9.05 Å². The number of aryl methyl sites for hydroxylation is 2. The van der Waals surface area contributed by atoms with Crippen LogP contribution in [0.1, 0.15) is 5.69 Å². The lowest BCUT2D eigenvalue weighted by atomic mass is 10.3. The molecule has 0 aliphatic carbocycles. The normalized spacial score (nSPS) is 11.6. The molecule has 0 fully saturated rings. The summed E-state index contributed by atoms with van der Waals surface area (Å²) in [4.78, 5) is 4.18. The molecule has 0 unspecified atom stereocenters. The van der Waals surface area contributed by atoms with Crippen molar-refractivity contribution in [2.45, 2.75) is 17.9 Å². The van der Waals surface area contributed by atoms with Crippen LogP contribution in [-0.2, 0) is 22.0 Å². The first-order valence-corrected chi connectivity index (χ1v) is 7.24. The van der Waals surface area contributed by atoms with Gasteiger partial charge in [0.2, 0.25) is 0 Å². The average Bonchev–Trinajstić information content (AvgIpc) is 2.76. The fraction of sp³-hybridized carbons (Fsp3) is 0.200. The largest absolute Gasteiger partial charge is 0.271 e. The minimum absolute atomic E-state index is 0.0141. The van der Waals surface area contributed by atoms with Crippen molar-refractivity contribution in [2.75, 3.05) is 0 Å². The zero-order chi connectivity index (χ0) is 12.3. The Morgan fingerprint density at radius 2 is 2.18 bits per heavy atom. The summed E-state index contributed by atoms with van der Waals surface area (Å²) in [7, 11) is 1.50. The van der Waals surface area contributed by atoms with Gasteiger partial charge in [-0.05, 0) is 12.1 Å². The molecule has 0 saturated carbocycles. The lowest BCUT2D eigenvalue weighted by molar-refractivity contribution is 0.602. The standard InChI is InChI=1S/C10H10ClN3O2S/c11-17(15,16)10-7-13-14(8-10)6-4-9-3-1-2-5-12-9/h1-3,5,7-8H,4,6H2. The van der Waals surface area contributed by atoms with Crippen LogP contribution < -0.4 is 0 Å². The second-order valence-corrected chi connectivity index (χ2v) is 6.01. The van der Waals surface area contributed by atoms with Gasteiger partial charge >= 0.3 is 0 Å². The van der Waals surface area contributed by atoms with E-state index in [0.717, 1.165) is 5.69 Å². The van der Waals surface area contributed by atoms with Crippen molar-refractivity contribution in [3.05, 3.63) is 42.5 Å². The highest BCUT2D eigenvalue weighted by atomic mass is 35.7. The Kier molecular flexibility index (Phi) is 3.44. The van der Waals surface area contributed by atoms with Crippen molar-refractivity contribution in [3.63, 3.8) is 0 Å². The summed E-state index contributed by atoms with van der Waals surface area (Å²) in [6.45, 7) is 0.559. The smallest absolute Gasteiger partial charge is 0.264 e. The molecule has 2 aromatic heterocycles. The quantitative estimate of drug-likeness (QED) is 0.790. The van der Waals surface area contributed by atoms with E-state index < -0.39 is 9.05 Å². The van der Waals surface area contributed by atoms with Crippen molar-refractivity contribution in [3.8, 4) is 0 Å². The number of nitrogens with zero attached hydrogens (tertiary/aromatic N) is 3. The fourth-order valence-electron chi connectivity index (χ4n) is 1.37. The molecule has 0 spiro atoms. The van der Waals surface area contributed by atoms with Gasteiger partial charge in [-0.3, -0.25) is 9.67 Å². The zero-order valence-electron chi connectivity index (χ0n) is 8.82. The van der Waals surface area contributed by atoms with Gasteiger partial charge in [-0.1, -0.05) is 6.07 Å². The van der Waals surface area contributed by atoms with Crippen LogP contribution in [0.4, 0.5) is 0 Å². The van der Waals surface area contributed by atoms with Crippen LogP contribution in [0, 0.1) is 0 Å². The first-order valence-electron chi connectivity index (χ1n) is 4.93. The van der Waals surface area contributed by atoms with E-state index in [2.05, 4.69) is 10.1 Å². The van der Waals surface area contributed by atoms with Gasteiger partial charge in [0, 0.05) is 41.7 Å². The third-order valence-electron chi connectivity index (χ3n) is 2.21. The molecule has 0 atom stereocenters. The lowest BCUT2D eigenvalue weighted by Gasteiger charge is -2.00. The molecule has 2 aromatic rings. The fourth-order valence-corrected chi connectivity index (χ4v) is 2.03. The van der Waals surface area contributed by atoms with Crippen molar-refractivity contribution in [1.82, 2.24) is 14.8 Å². The van der Waals surface area contributed by atoms with Crippen LogP contribution in [0.25, 0.3) is 0 Å². The van der Waals surface area contributed by atoms with Gasteiger partial charge in [-0.2, -0.15) is 5.10 Å². The summed E-state index contributed by atoms with van der Waals surface area (Å²) < 4.78 is 23.6. The van der Waals surface area contributed by atoms with Gasteiger partial charge in [0.15, 0.2) is 0 Å². The van der Waals surface area contributed by atoms with Crippen molar-refractivity contribution in [2.24, 2.45) is 0 Å². The molecule has 0 radical (unpaired) electrons. The Labute approximate surface area is 103 Å². The van der Waals surface area contributed by atoms with Gasteiger partial charge in [0.05, 0.1) is 6.20 Å². The van der Waals surface area contributed by atoms with E-state index in [1.165, 1.54) is 17.1 Å². The van der Waals surface area contributed by atoms with Gasteiger partial charge in [-0.15, -0.1) is 0 Å². The Morgan fingerprint density at radius 1 is 1.35 bits per heavy atom. The summed E-state index contributed by atoms with van der Waals surface area (Å²) in [5.41, 5.74) is 0.929. The highest BCUT2D eigenvalue weighted by Crippen LogP contribution is 2.13. The first-order chi connectivity index (χ1) is 8.05. The molecule has 0 aromatic carbocycles. The van der Waals surface area contributed by atoms with Crippen molar-refractivity contribution < 1.29 is 8.42 Å². The molecule has 0 aliphatic rings. The topological polar surface area (TPSA) is 64.8 Å². The summed E-state index contributed by atoms with van der Waals surface area (Å²) in [6, 6.07) is 5.65. The molecule has 0 N–H and O–H groups in total. The Bertz CT molecular complexity index is 595. The van der Waals surface area contributed by atoms with E-state index in [1.807, 2.05) is 18.2 Å². The summed E-state index contributed by atoms with van der Waals surface area (Å²) >= 11 is 0. The maximum Gasteiger partial charge on any atom is 0.264 e. The first kappa shape index (κ1) is 12.1. The second-order valence-electron chi connectivity index (χ2n) is 3.45. The van der Waals surface area contributed by atoms with Crippen molar-refractivity contribution in [1.29, 1.82) is 0 Å². The maximum absolute atomic E-state index is 11.0. The van der Waals surface area contributed by atoms with Crippen LogP contribution >= 0.6 is 10.7 Å². The van der Waals surface area contributed by atoms with E-state index >= 15 is 0 Å². The number of hydrogen-bond acceptors (Lipinski definition) is 4. The minimum Gasteiger partial charge on any atom is -0.271 e. The molecule has 2 heterocycles. The highest BCUT2D eigenvalue weighted by molar-refractivity contribution is 8.13. The van der Waals surface area contributed by atoms with Crippen LogP contribution in [0.5, 0.6) is 0 Å². The van der Waals surface area contributed by atoms with Crippen LogP contribution in [0.15, 0.2) is 41.7 Å². The predicted octanol–water partition coefficient (Wildman–Crippen LogP) is 1.45. The molecule has 2 rings (SSSR count). The number of rotatable bonds is 4. The molecule has 7 heteroatoms. The third kappa shape index (κ3) is 3.28. The van der Waals surface area contributed by atoms with E-state index in [4.69, 9.17) is 10.7 Å². The molecule has 0 bridgehead atoms. The minimum atomic E-state index is -3.69. The third-order valence-corrected chi connectivity index (χ3v) is 3.52. The highest BCUT2D eigenvalue weighted by Gasteiger charge is 2.12. The number of aromatic nitrogens is 3. The Balaban J connectivity index is 2.04. The summed E-state index contributed by atoms with van der Waals surface area (Å²) in [6.07, 6.45) is 5.05. The zero-order valence-corrected chi connectivity index (χ0v) is 10.4. The van der Waals surface area contributed by atoms with Crippen LogP contribution in [-0.4, -0.2) is 23.2 Å². The van der Waals surface area contributed by atoms with Crippen molar-refractivity contribution >= 4 is 19.7 Å². The molecular formula is C10H10ClN3O2S. The predicted molar refractivity (Wildman–Crippen MR) is 63.2 cm³/mol. The van der Waals surface area contributed by atoms with Crippen LogP contribution in [0.3, 0.4) is 0 Å². The summed E-state index contributed by atoms with van der Waals surface area (Å²) in [5, 5.41) is 3.92. The molecule has 0 saturated heterocycles. The second kappa shape index (κ2) is 4.85. The molecule has 90 valence electrons. The Morgan fingerprint density at radius 3 is 2.76 bits per heavy atom. The monoisotopic (exact) mass is 271 g/mol. The molecule has 5 nitrogen and oxygen atoms in total. The van der Waals surface area contributed by atoms with E-state index in [9.17, 15) is 8.42 Å².